The average Bonchev–Trinajstić information content (AvgIpc) is 2.03. The minimum absolute atomic E-state index is 0. The van der Waals surface area contributed by atoms with Crippen molar-refractivity contribution in [3.8, 4) is 5.92 Å². The van der Waals surface area contributed by atoms with E-state index in [-0.39, 0.29) is 27.8 Å². The molecule has 0 nitrogen and oxygen atoms in total. The first-order valence-electron chi connectivity index (χ1n) is 4.07. The van der Waals surface area contributed by atoms with Crippen molar-refractivity contribution >= 4 is 0 Å². The summed E-state index contributed by atoms with van der Waals surface area (Å²) < 4.78 is 0. The first-order valence-corrected chi connectivity index (χ1v) is 4.07. The fraction of sp³-hybridized carbons (Fsp3) is 0.333. The Kier molecular flexibility index (Phi) is 4.50. The van der Waals surface area contributed by atoms with Crippen LogP contribution in [-0.4, -0.2) is 0 Å². The Bertz CT molecular complexity index is 295. The van der Waals surface area contributed by atoms with E-state index in [9.17, 15) is 0 Å². The molecular formula is C12H13Ag. The molecular weight excluding hydrogens is 252 g/mol. The second-order valence-corrected chi connectivity index (χ2v) is 3.95. The fourth-order valence-corrected chi connectivity index (χ4v) is 1.05. The van der Waals surface area contributed by atoms with Crippen LogP contribution in [0.3, 0.4) is 0 Å². The van der Waals surface area contributed by atoms with Gasteiger partial charge in [0.05, 0.1) is 0 Å². The van der Waals surface area contributed by atoms with Gasteiger partial charge in [0.2, 0.25) is 0 Å². The van der Waals surface area contributed by atoms with Gasteiger partial charge >= 0.3 is 22.4 Å². The summed E-state index contributed by atoms with van der Waals surface area (Å²) in [5, 5.41) is 0. The third kappa shape index (κ3) is 3.40. The maximum absolute atomic E-state index is 6.92. The van der Waals surface area contributed by atoms with Gasteiger partial charge in [-0.05, 0) is 11.0 Å². The Hall–Kier alpha value is -0.480. The molecule has 0 aliphatic carbocycles. The van der Waals surface area contributed by atoms with Gasteiger partial charge in [0.25, 0.3) is 0 Å². The van der Waals surface area contributed by atoms with Crippen LogP contribution in [0.4, 0.5) is 0 Å². The molecule has 0 radical (unpaired) electrons. The number of rotatable bonds is 0. The van der Waals surface area contributed by atoms with E-state index in [1.54, 1.807) is 0 Å². The van der Waals surface area contributed by atoms with E-state index >= 15 is 0 Å². The zero-order valence-corrected chi connectivity index (χ0v) is 9.59. The van der Waals surface area contributed by atoms with Crippen LogP contribution in [0.5, 0.6) is 0 Å². The molecule has 1 aromatic carbocycles. The fourth-order valence-electron chi connectivity index (χ4n) is 1.05. The quantitative estimate of drug-likeness (QED) is 0.384. The van der Waals surface area contributed by atoms with Crippen molar-refractivity contribution < 1.29 is 22.4 Å². The van der Waals surface area contributed by atoms with E-state index in [0.717, 1.165) is 5.56 Å². The summed E-state index contributed by atoms with van der Waals surface area (Å²) in [4.78, 5) is 0. The second kappa shape index (κ2) is 4.67. The molecule has 72 valence electrons. The molecule has 0 amide bonds. The second-order valence-electron chi connectivity index (χ2n) is 3.95. The molecule has 0 aromatic heterocycles. The van der Waals surface area contributed by atoms with Gasteiger partial charge in [-0.15, -0.1) is 17.7 Å². The van der Waals surface area contributed by atoms with Gasteiger partial charge < -0.3 is 6.42 Å². The first-order chi connectivity index (χ1) is 5.54. The van der Waals surface area contributed by atoms with Gasteiger partial charge in [0.15, 0.2) is 0 Å². The molecule has 13 heavy (non-hydrogen) atoms. The summed E-state index contributed by atoms with van der Waals surface area (Å²) in [5.74, 6) is 2.36. The van der Waals surface area contributed by atoms with Gasteiger partial charge in [0, 0.05) is 0 Å². The van der Waals surface area contributed by atoms with Crippen LogP contribution in [0.1, 0.15) is 31.9 Å². The van der Waals surface area contributed by atoms with Gasteiger partial charge in [-0.3, -0.25) is 5.92 Å². The third-order valence-electron chi connectivity index (χ3n) is 1.90. The molecule has 0 bridgehead atoms. The summed E-state index contributed by atoms with van der Waals surface area (Å²) in [5.41, 5.74) is 2.32. The van der Waals surface area contributed by atoms with E-state index in [0.29, 0.717) is 0 Å². The van der Waals surface area contributed by atoms with Crippen molar-refractivity contribution in [1.82, 2.24) is 0 Å². The van der Waals surface area contributed by atoms with E-state index < -0.39 is 0 Å². The van der Waals surface area contributed by atoms with Crippen molar-refractivity contribution in [1.29, 1.82) is 0 Å². The monoisotopic (exact) mass is 264 g/mol. The Morgan fingerprint density at radius 2 is 1.54 bits per heavy atom. The van der Waals surface area contributed by atoms with Gasteiger partial charge in [-0.1, -0.05) is 32.9 Å². The predicted molar refractivity (Wildman–Crippen MR) is 51.4 cm³/mol. The molecule has 0 spiro atoms. The molecule has 0 N–H and O–H groups in total. The third-order valence-corrected chi connectivity index (χ3v) is 1.90. The van der Waals surface area contributed by atoms with Gasteiger partial charge in [-0.2, -0.15) is 0 Å². The molecule has 0 heterocycles. The van der Waals surface area contributed by atoms with E-state index in [2.05, 4.69) is 38.8 Å². The van der Waals surface area contributed by atoms with E-state index in [4.69, 9.17) is 6.42 Å². The Morgan fingerprint density at radius 1 is 1.08 bits per heavy atom. The largest absolute Gasteiger partial charge is 1.00 e. The van der Waals surface area contributed by atoms with Crippen LogP contribution >= 0.6 is 0 Å². The molecule has 1 heteroatoms. The Morgan fingerprint density at radius 3 is 1.85 bits per heavy atom. The summed E-state index contributed by atoms with van der Waals surface area (Å²) in [6, 6.07) is 7.95. The van der Waals surface area contributed by atoms with Crippen LogP contribution in [-0.2, 0) is 27.8 Å². The van der Waals surface area contributed by atoms with Crippen LogP contribution in [0, 0.1) is 12.3 Å². The summed E-state index contributed by atoms with van der Waals surface area (Å²) in [6.45, 7) is 6.53. The van der Waals surface area contributed by atoms with Crippen LogP contribution in [0.25, 0.3) is 0 Å². The number of benzene rings is 1. The molecule has 0 saturated heterocycles. The molecule has 0 atom stereocenters. The smallest absolute Gasteiger partial charge is 0.366 e. The molecule has 0 aliphatic heterocycles. The zero-order valence-electron chi connectivity index (χ0n) is 8.11. The normalized spacial score (nSPS) is 10.0. The van der Waals surface area contributed by atoms with Crippen LogP contribution in [0.2, 0.25) is 0 Å². The van der Waals surface area contributed by atoms with Crippen LogP contribution in [0.15, 0.2) is 24.3 Å². The zero-order chi connectivity index (χ0) is 9.19. The standard InChI is InChI=1S/C12H13.Ag/c1-5-10-6-8-11(9-7-10)12(2,3)4;/h6-9H,2-4H3;/q-1;+1. The minimum Gasteiger partial charge on any atom is -0.366 e. The van der Waals surface area contributed by atoms with E-state index in [1.807, 2.05) is 12.1 Å². The topological polar surface area (TPSA) is 0 Å². The minimum atomic E-state index is 0. The Balaban J connectivity index is 0.00000144. The summed E-state index contributed by atoms with van der Waals surface area (Å²) >= 11 is 0. The molecule has 0 unspecified atom stereocenters. The Labute approximate surface area is 96.3 Å². The molecule has 0 aliphatic rings. The summed E-state index contributed by atoms with van der Waals surface area (Å²) in [7, 11) is 0. The van der Waals surface area contributed by atoms with E-state index in [1.165, 1.54) is 5.56 Å². The first kappa shape index (κ1) is 12.5. The van der Waals surface area contributed by atoms with Gasteiger partial charge in [0.1, 0.15) is 0 Å². The molecule has 0 fully saturated rings. The van der Waals surface area contributed by atoms with Crippen molar-refractivity contribution in [2.75, 3.05) is 0 Å². The average molecular weight is 265 g/mol. The van der Waals surface area contributed by atoms with Crippen molar-refractivity contribution in [2.24, 2.45) is 0 Å². The van der Waals surface area contributed by atoms with Crippen molar-refractivity contribution in [3.63, 3.8) is 0 Å². The predicted octanol–water partition coefficient (Wildman–Crippen LogP) is 2.92. The molecule has 0 saturated carbocycles. The summed E-state index contributed by atoms with van der Waals surface area (Å²) in [6.07, 6.45) is 6.92. The maximum atomic E-state index is 6.92. The molecule has 1 rings (SSSR count). The van der Waals surface area contributed by atoms with Crippen LogP contribution < -0.4 is 0 Å². The number of hydrogen-bond acceptors (Lipinski definition) is 0. The maximum Gasteiger partial charge on any atom is 1.00 e. The van der Waals surface area contributed by atoms with Crippen molar-refractivity contribution in [2.45, 2.75) is 26.2 Å². The van der Waals surface area contributed by atoms with Gasteiger partial charge in [-0.25, -0.2) is 0 Å². The van der Waals surface area contributed by atoms with Crippen molar-refractivity contribution in [3.05, 3.63) is 41.8 Å². The number of hydrogen-bond donors (Lipinski definition) is 0. The SMILES string of the molecule is [Ag+].[C-]#Cc1ccc(C(C)(C)C)cc1. The molecule has 1 aromatic rings.